The highest BCUT2D eigenvalue weighted by Gasteiger charge is 2.14. The molecule has 0 aliphatic rings. The third kappa shape index (κ3) is 2.34. The molecule has 2 N–H and O–H groups in total. The number of aromatic nitrogens is 2. The Morgan fingerprint density at radius 3 is 2.83 bits per heavy atom. The molecule has 1 aromatic heterocycles. The summed E-state index contributed by atoms with van der Waals surface area (Å²) >= 11 is 6.01. The van der Waals surface area contributed by atoms with Gasteiger partial charge in [0.1, 0.15) is 11.5 Å². The maximum atomic E-state index is 13.0. The van der Waals surface area contributed by atoms with Gasteiger partial charge in [-0.15, -0.1) is 0 Å². The summed E-state index contributed by atoms with van der Waals surface area (Å²) in [5.41, 5.74) is 7.73. The van der Waals surface area contributed by atoms with Crippen LogP contribution in [0, 0.1) is 5.82 Å². The van der Waals surface area contributed by atoms with Crippen LogP contribution in [0.3, 0.4) is 0 Å². The standard InChI is InChI=1S/C13H15ClFN3/c1-3-8(2)18-7-12(16)13(17-18)10-5-4-9(15)6-11(10)14/h4-8H,3,16H2,1-2H3. The molecule has 0 aliphatic heterocycles. The molecule has 0 radical (unpaired) electrons. The largest absolute Gasteiger partial charge is 0.396 e. The Morgan fingerprint density at radius 2 is 2.22 bits per heavy atom. The Morgan fingerprint density at radius 1 is 1.50 bits per heavy atom. The van der Waals surface area contributed by atoms with Crippen molar-refractivity contribution in [2.75, 3.05) is 5.73 Å². The SMILES string of the molecule is CCC(C)n1cc(N)c(-c2ccc(F)cc2Cl)n1. The second kappa shape index (κ2) is 4.98. The van der Waals surface area contributed by atoms with E-state index in [0.29, 0.717) is 22.0 Å². The molecule has 0 saturated carbocycles. The van der Waals surface area contributed by atoms with Crippen LogP contribution in [0.5, 0.6) is 0 Å². The van der Waals surface area contributed by atoms with Crippen LogP contribution in [0.15, 0.2) is 24.4 Å². The lowest BCUT2D eigenvalue weighted by Crippen LogP contribution is -2.04. The fourth-order valence-corrected chi connectivity index (χ4v) is 1.97. The molecule has 0 saturated heterocycles. The first-order valence-corrected chi connectivity index (χ1v) is 6.20. The predicted octanol–water partition coefficient (Wildman–Crippen LogP) is 3.90. The number of rotatable bonds is 3. The Kier molecular flexibility index (Phi) is 3.57. The minimum atomic E-state index is -0.372. The average Bonchev–Trinajstić information content (AvgIpc) is 2.70. The third-order valence-electron chi connectivity index (χ3n) is 2.99. The van der Waals surface area contributed by atoms with Crippen molar-refractivity contribution in [3.05, 3.63) is 35.2 Å². The van der Waals surface area contributed by atoms with Crippen molar-refractivity contribution in [3.63, 3.8) is 0 Å². The normalized spacial score (nSPS) is 12.7. The lowest BCUT2D eigenvalue weighted by Gasteiger charge is -2.08. The zero-order chi connectivity index (χ0) is 13.3. The highest BCUT2D eigenvalue weighted by atomic mass is 35.5. The predicted molar refractivity (Wildman–Crippen MR) is 72.0 cm³/mol. The second-order valence-corrected chi connectivity index (χ2v) is 4.70. The van der Waals surface area contributed by atoms with Crippen molar-refractivity contribution in [2.24, 2.45) is 0 Å². The molecular formula is C13H15ClFN3. The van der Waals surface area contributed by atoms with Gasteiger partial charge in [0.25, 0.3) is 0 Å². The van der Waals surface area contributed by atoms with E-state index in [0.717, 1.165) is 6.42 Å². The summed E-state index contributed by atoms with van der Waals surface area (Å²) in [6.07, 6.45) is 2.74. The van der Waals surface area contributed by atoms with Gasteiger partial charge in [0, 0.05) is 17.8 Å². The van der Waals surface area contributed by atoms with Gasteiger partial charge in [-0.3, -0.25) is 4.68 Å². The van der Waals surface area contributed by atoms with Crippen molar-refractivity contribution < 1.29 is 4.39 Å². The van der Waals surface area contributed by atoms with Gasteiger partial charge in [0.05, 0.1) is 10.7 Å². The molecule has 2 rings (SSSR count). The Hall–Kier alpha value is -1.55. The van der Waals surface area contributed by atoms with Crippen LogP contribution >= 0.6 is 11.6 Å². The molecule has 0 amide bonds. The first-order chi connectivity index (χ1) is 8.52. The van der Waals surface area contributed by atoms with Crippen LogP contribution < -0.4 is 5.73 Å². The lowest BCUT2D eigenvalue weighted by molar-refractivity contribution is 0.479. The Bertz CT molecular complexity index is 565. The lowest BCUT2D eigenvalue weighted by atomic mass is 10.1. The minimum absolute atomic E-state index is 0.264. The van der Waals surface area contributed by atoms with Gasteiger partial charge < -0.3 is 5.73 Å². The summed E-state index contributed by atoms with van der Waals surface area (Å²) in [5.74, 6) is -0.372. The quantitative estimate of drug-likeness (QED) is 0.917. The van der Waals surface area contributed by atoms with Gasteiger partial charge in [0.15, 0.2) is 0 Å². The Labute approximate surface area is 110 Å². The maximum Gasteiger partial charge on any atom is 0.124 e. The first-order valence-electron chi connectivity index (χ1n) is 5.83. The molecule has 1 atom stereocenters. The summed E-state index contributed by atoms with van der Waals surface area (Å²) in [4.78, 5) is 0. The topological polar surface area (TPSA) is 43.8 Å². The van der Waals surface area contributed by atoms with Gasteiger partial charge in [-0.1, -0.05) is 18.5 Å². The molecule has 1 heterocycles. The molecule has 1 unspecified atom stereocenters. The van der Waals surface area contributed by atoms with Crippen LogP contribution in [-0.2, 0) is 0 Å². The number of nitrogens with zero attached hydrogens (tertiary/aromatic N) is 2. The fraction of sp³-hybridized carbons (Fsp3) is 0.308. The number of nitrogens with two attached hydrogens (primary N) is 1. The van der Waals surface area contributed by atoms with E-state index in [1.807, 2.05) is 4.68 Å². The van der Waals surface area contributed by atoms with E-state index < -0.39 is 0 Å². The molecule has 0 aliphatic carbocycles. The minimum Gasteiger partial charge on any atom is -0.396 e. The molecule has 2 aromatic rings. The molecule has 96 valence electrons. The van der Waals surface area contributed by atoms with Gasteiger partial charge in [-0.25, -0.2) is 4.39 Å². The fourth-order valence-electron chi connectivity index (χ4n) is 1.71. The van der Waals surface area contributed by atoms with Crippen molar-refractivity contribution >= 4 is 17.3 Å². The summed E-state index contributed by atoms with van der Waals surface area (Å²) in [7, 11) is 0. The summed E-state index contributed by atoms with van der Waals surface area (Å²) in [5, 5.41) is 4.74. The molecule has 1 aromatic carbocycles. The number of hydrogen-bond donors (Lipinski definition) is 1. The molecule has 18 heavy (non-hydrogen) atoms. The van der Waals surface area contributed by atoms with Crippen molar-refractivity contribution in [3.8, 4) is 11.3 Å². The molecule has 0 fully saturated rings. The summed E-state index contributed by atoms with van der Waals surface area (Å²) < 4.78 is 14.8. The molecule has 0 spiro atoms. The number of nitrogen functional groups attached to an aromatic ring is 1. The number of anilines is 1. The molecule has 3 nitrogen and oxygen atoms in total. The zero-order valence-electron chi connectivity index (χ0n) is 10.3. The molecule has 0 bridgehead atoms. The van der Waals surface area contributed by atoms with E-state index in [1.165, 1.54) is 12.1 Å². The van der Waals surface area contributed by atoms with Gasteiger partial charge in [0.2, 0.25) is 0 Å². The van der Waals surface area contributed by atoms with Crippen LogP contribution in [0.2, 0.25) is 5.02 Å². The number of halogens is 2. The first kappa shape index (κ1) is 12.9. The van der Waals surface area contributed by atoms with E-state index in [2.05, 4.69) is 18.9 Å². The van der Waals surface area contributed by atoms with Crippen molar-refractivity contribution in [1.82, 2.24) is 9.78 Å². The molecular weight excluding hydrogens is 253 g/mol. The van der Waals surface area contributed by atoms with Gasteiger partial charge >= 0.3 is 0 Å². The monoisotopic (exact) mass is 267 g/mol. The third-order valence-corrected chi connectivity index (χ3v) is 3.30. The van der Waals surface area contributed by atoms with E-state index in [4.69, 9.17) is 17.3 Å². The van der Waals surface area contributed by atoms with E-state index in [9.17, 15) is 4.39 Å². The van der Waals surface area contributed by atoms with E-state index in [-0.39, 0.29) is 11.9 Å². The average molecular weight is 268 g/mol. The van der Waals surface area contributed by atoms with Crippen LogP contribution in [-0.4, -0.2) is 9.78 Å². The molecule has 5 heteroatoms. The smallest absolute Gasteiger partial charge is 0.124 e. The van der Waals surface area contributed by atoms with Gasteiger partial charge in [-0.2, -0.15) is 5.10 Å². The second-order valence-electron chi connectivity index (χ2n) is 4.29. The van der Waals surface area contributed by atoms with Crippen LogP contribution in [0.4, 0.5) is 10.1 Å². The van der Waals surface area contributed by atoms with E-state index >= 15 is 0 Å². The number of benzene rings is 1. The summed E-state index contributed by atoms with van der Waals surface area (Å²) in [6.45, 7) is 4.13. The zero-order valence-corrected chi connectivity index (χ0v) is 11.1. The number of hydrogen-bond acceptors (Lipinski definition) is 2. The van der Waals surface area contributed by atoms with Crippen LogP contribution in [0.1, 0.15) is 26.3 Å². The summed E-state index contributed by atoms with van der Waals surface area (Å²) in [6, 6.07) is 4.47. The van der Waals surface area contributed by atoms with Crippen molar-refractivity contribution in [2.45, 2.75) is 26.3 Å². The van der Waals surface area contributed by atoms with Crippen LogP contribution in [0.25, 0.3) is 11.3 Å². The highest BCUT2D eigenvalue weighted by molar-refractivity contribution is 6.33. The van der Waals surface area contributed by atoms with Gasteiger partial charge in [-0.05, 0) is 31.5 Å². The van der Waals surface area contributed by atoms with Crippen molar-refractivity contribution in [1.29, 1.82) is 0 Å². The maximum absolute atomic E-state index is 13.0. The highest BCUT2D eigenvalue weighted by Crippen LogP contribution is 2.32. The Balaban J connectivity index is 2.47. The van der Waals surface area contributed by atoms with E-state index in [1.54, 1.807) is 12.3 Å².